The van der Waals surface area contributed by atoms with Crippen LogP contribution in [0.2, 0.25) is 5.02 Å². The van der Waals surface area contributed by atoms with E-state index in [1.807, 2.05) is 24.4 Å². The van der Waals surface area contributed by atoms with Gasteiger partial charge in [-0.25, -0.2) is 14.8 Å². The van der Waals surface area contributed by atoms with Crippen molar-refractivity contribution >= 4 is 34.9 Å². The average molecular weight is 378 g/mol. The molecule has 25 heavy (non-hydrogen) atoms. The zero-order valence-corrected chi connectivity index (χ0v) is 15.2. The molecule has 0 bridgehead atoms. The molecule has 1 atom stereocenters. The lowest BCUT2D eigenvalue weighted by atomic mass is 10.0. The van der Waals surface area contributed by atoms with Crippen molar-refractivity contribution in [1.82, 2.24) is 10.3 Å². The first kappa shape index (κ1) is 17.4. The summed E-state index contributed by atoms with van der Waals surface area (Å²) in [7, 11) is 0. The van der Waals surface area contributed by atoms with E-state index in [9.17, 15) is 4.79 Å². The second kappa shape index (κ2) is 7.67. The summed E-state index contributed by atoms with van der Waals surface area (Å²) in [6, 6.07) is 6.75. The molecule has 2 aromatic rings. The molecule has 6 nitrogen and oxygen atoms in total. The number of aromatic nitrogens is 1. The first-order valence-corrected chi connectivity index (χ1v) is 8.94. The maximum absolute atomic E-state index is 11.8. The topological polar surface area (TPSA) is 72.8 Å². The normalized spacial score (nSPS) is 16.9. The van der Waals surface area contributed by atoms with Gasteiger partial charge in [-0.1, -0.05) is 23.7 Å². The van der Waals surface area contributed by atoms with Crippen molar-refractivity contribution in [2.45, 2.75) is 19.9 Å². The number of hydrogen-bond acceptors (Lipinski definition) is 7. The molecule has 1 aliphatic heterocycles. The molecule has 0 amide bonds. The van der Waals surface area contributed by atoms with Gasteiger partial charge in [-0.2, -0.15) is 0 Å². The molecule has 0 spiro atoms. The Bertz CT molecular complexity index is 833. The predicted octanol–water partition coefficient (Wildman–Crippen LogP) is 4.29. The average Bonchev–Trinajstić information content (AvgIpc) is 3.11. The Balaban J connectivity index is 2.00. The summed E-state index contributed by atoms with van der Waals surface area (Å²) in [4.78, 5) is 20.8. The highest BCUT2D eigenvalue weighted by molar-refractivity contribution is 7.07. The van der Waals surface area contributed by atoms with Crippen molar-refractivity contribution in [2.24, 2.45) is 4.99 Å². The molecule has 3 rings (SSSR count). The van der Waals surface area contributed by atoms with Crippen molar-refractivity contribution in [3.05, 3.63) is 62.9 Å². The summed E-state index contributed by atoms with van der Waals surface area (Å²) >= 11 is 7.59. The number of amidine groups is 1. The first-order valence-electron chi connectivity index (χ1n) is 7.62. The Hall–Kier alpha value is -2.38. The van der Waals surface area contributed by atoms with Crippen molar-refractivity contribution in [3.63, 3.8) is 0 Å². The Morgan fingerprint density at radius 1 is 1.44 bits per heavy atom. The fourth-order valence-corrected chi connectivity index (χ4v) is 3.13. The molecule has 0 radical (unpaired) electrons. The van der Waals surface area contributed by atoms with Crippen LogP contribution in [-0.2, 0) is 9.47 Å². The highest BCUT2D eigenvalue weighted by Gasteiger charge is 2.29. The number of carbonyl (C=O) groups excluding carboxylic acids is 1. The molecule has 1 aromatic heterocycles. The fourth-order valence-electron chi connectivity index (χ4n) is 2.40. The zero-order chi connectivity index (χ0) is 17.8. The lowest BCUT2D eigenvalue weighted by molar-refractivity contribution is 0.0763. The van der Waals surface area contributed by atoms with E-state index in [-0.39, 0.29) is 6.61 Å². The van der Waals surface area contributed by atoms with Crippen LogP contribution >= 0.6 is 22.9 Å². The molecule has 1 unspecified atom stereocenters. The molecule has 130 valence electrons. The number of aliphatic imine (C=N–C) groups is 1. The number of halogens is 1. The summed E-state index contributed by atoms with van der Waals surface area (Å²) < 4.78 is 10.3. The minimum absolute atomic E-state index is 0.230. The highest BCUT2D eigenvalue weighted by Crippen LogP contribution is 2.33. The van der Waals surface area contributed by atoms with Gasteiger partial charge in [-0.15, -0.1) is 11.3 Å². The van der Waals surface area contributed by atoms with E-state index < -0.39 is 12.2 Å². The van der Waals surface area contributed by atoms with E-state index in [1.165, 1.54) is 11.3 Å². The van der Waals surface area contributed by atoms with Crippen LogP contribution in [0.3, 0.4) is 0 Å². The smallest absolute Gasteiger partial charge is 0.434 e. The molecular weight excluding hydrogens is 362 g/mol. The fraction of sp³-hybridized carbons (Fsp3) is 0.235. The number of carbonyl (C=O) groups is 1. The second-order valence-electron chi connectivity index (χ2n) is 5.21. The van der Waals surface area contributed by atoms with Gasteiger partial charge in [0, 0.05) is 10.4 Å². The molecule has 0 aliphatic carbocycles. The van der Waals surface area contributed by atoms with Gasteiger partial charge in [-0.3, -0.25) is 0 Å². The van der Waals surface area contributed by atoms with Gasteiger partial charge >= 0.3 is 6.16 Å². The molecule has 0 saturated heterocycles. The standard InChI is InChI=1S/C17H16ClN3O3S/c1-3-23-17(22)24-15-10(2)20-16(13-8-25-9-19-13)21-14(15)11-5-4-6-12(18)7-11/h4-9,14H,3H2,1-2H3,(H,20,21). The van der Waals surface area contributed by atoms with Crippen LogP contribution in [0, 0.1) is 0 Å². The van der Waals surface area contributed by atoms with Crippen molar-refractivity contribution in [3.8, 4) is 0 Å². The van der Waals surface area contributed by atoms with E-state index >= 15 is 0 Å². The van der Waals surface area contributed by atoms with Gasteiger partial charge in [-0.05, 0) is 31.5 Å². The maximum Gasteiger partial charge on any atom is 0.513 e. The van der Waals surface area contributed by atoms with E-state index in [2.05, 4.69) is 15.3 Å². The predicted molar refractivity (Wildman–Crippen MR) is 96.8 cm³/mol. The molecule has 0 saturated carbocycles. The van der Waals surface area contributed by atoms with Gasteiger partial charge in [0.25, 0.3) is 0 Å². The SMILES string of the molecule is CCOC(=O)OC1=C(C)NC(c2cscn2)=NC1c1cccc(Cl)c1. The Morgan fingerprint density at radius 3 is 2.96 bits per heavy atom. The number of allylic oxidation sites excluding steroid dienone is 1. The molecular formula is C17H16ClN3O3S. The lowest BCUT2D eigenvalue weighted by Gasteiger charge is -2.25. The summed E-state index contributed by atoms with van der Waals surface area (Å²) in [6.45, 7) is 3.76. The van der Waals surface area contributed by atoms with Gasteiger partial charge in [0.1, 0.15) is 11.7 Å². The minimum Gasteiger partial charge on any atom is -0.434 e. The van der Waals surface area contributed by atoms with Crippen LogP contribution in [0.15, 0.2) is 51.6 Å². The largest absolute Gasteiger partial charge is 0.513 e. The number of nitrogens with zero attached hydrogens (tertiary/aromatic N) is 2. The summed E-state index contributed by atoms with van der Waals surface area (Å²) in [5.41, 5.74) is 3.93. The van der Waals surface area contributed by atoms with Crippen LogP contribution in [0.25, 0.3) is 0 Å². The third kappa shape index (κ3) is 4.00. The third-order valence-corrected chi connectivity index (χ3v) is 4.30. The Morgan fingerprint density at radius 2 is 2.28 bits per heavy atom. The van der Waals surface area contributed by atoms with Gasteiger partial charge < -0.3 is 14.8 Å². The third-order valence-electron chi connectivity index (χ3n) is 3.48. The van der Waals surface area contributed by atoms with Gasteiger partial charge in [0.2, 0.25) is 0 Å². The monoisotopic (exact) mass is 377 g/mol. The molecule has 1 N–H and O–H groups in total. The lowest BCUT2D eigenvalue weighted by Crippen LogP contribution is -2.31. The first-order chi connectivity index (χ1) is 12.1. The number of ether oxygens (including phenoxy) is 2. The highest BCUT2D eigenvalue weighted by atomic mass is 35.5. The molecule has 2 heterocycles. The van der Waals surface area contributed by atoms with Crippen molar-refractivity contribution < 1.29 is 14.3 Å². The minimum atomic E-state index is -0.766. The van der Waals surface area contributed by atoms with E-state index in [1.54, 1.807) is 24.6 Å². The number of nitrogens with one attached hydrogen (secondary N) is 1. The van der Waals surface area contributed by atoms with Crippen LogP contribution in [-0.4, -0.2) is 23.6 Å². The van der Waals surface area contributed by atoms with Gasteiger partial charge in [0.15, 0.2) is 11.6 Å². The summed E-state index contributed by atoms with van der Waals surface area (Å²) in [5.74, 6) is 0.986. The van der Waals surface area contributed by atoms with Crippen molar-refractivity contribution in [1.29, 1.82) is 0 Å². The number of rotatable bonds is 4. The van der Waals surface area contributed by atoms with Crippen LogP contribution in [0.1, 0.15) is 31.1 Å². The quantitative estimate of drug-likeness (QED) is 0.804. The van der Waals surface area contributed by atoms with E-state index in [4.69, 9.17) is 21.1 Å². The second-order valence-corrected chi connectivity index (χ2v) is 6.36. The van der Waals surface area contributed by atoms with E-state index in [0.717, 1.165) is 11.3 Å². The van der Waals surface area contributed by atoms with Crippen LogP contribution in [0.5, 0.6) is 0 Å². The van der Waals surface area contributed by atoms with Crippen molar-refractivity contribution in [2.75, 3.05) is 6.61 Å². The van der Waals surface area contributed by atoms with Crippen LogP contribution < -0.4 is 5.32 Å². The summed E-state index contributed by atoms with van der Waals surface area (Å²) in [6.07, 6.45) is -0.766. The molecule has 8 heteroatoms. The van der Waals surface area contributed by atoms with E-state index in [0.29, 0.717) is 22.3 Å². The summed E-state index contributed by atoms with van der Waals surface area (Å²) in [5, 5.41) is 5.61. The zero-order valence-electron chi connectivity index (χ0n) is 13.7. The van der Waals surface area contributed by atoms with Gasteiger partial charge in [0.05, 0.1) is 17.8 Å². The van der Waals surface area contributed by atoms with Crippen LogP contribution in [0.4, 0.5) is 4.79 Å². The molecule has 1 aliphatic rings. The molecule has 0 fully saturated rings. The Kier molecular flexibility index (Phi) is 5.35. The number of hydrogen-bond donors (Lipinski definition) is 1. The number of benzene rings is 1. The number of thiazole rings is 1. The maximum atomic E-state index is 11.8. The Labute approximate surface area is 154 Å². The molecule has 1 aromatic carbocycles.